The van der Waals surface area contributed by atoms with E-state index in [0.717, 1.165) is 31.3 Å². The summed E-state index contributed by atoms with van der Waals surface area (Å²) in [5, 5.41) is 1.01. The number of halogens is 1. The topological polar surface area (TPSA) is 29.5 Å². The number of hydrogen-bond donors (Lipinski definition) is 0. The fraction of sp³-hybridized carbons (Fsp3) is 0.917. The molecular weight excluding hydrogens is 270 g/mol. The van der Waals surface area contributed by atoms with Crippen molar-refractivity contribution in [3.63, 3.8) is 0 Å². The van der Waals surface area contributed by atoms with E-state index in [2.05, 4.69) is 15.9 Å². The van der Waals surface area contributed by atoms with E-state index < -0.39 is 0 Å². The lowest BCUT2D eigenvalue weighted by molar-refractivity contribution is -0.137. The molecule has 0 aliphatic carbocycles. The van der Waals surface area contributed by atoms with Crippen molar-refractivity contribution in [2.24, 2.45) is 11.8 Å². The van der Waals surface area contributed by atoms with Crippen molar-refractivity contribution >= 4 is 21.8 Å². The molecule has 2 saturated heterocycles. The second-order valence-electron chi connectivity index (χ2n) is 5.02. The average molecular weight is 290 g/mol. The number of alkyl halides is 1. The first-order valence-corrected chi connectivity index (χ1v) is 7.29. The van der Waals surface area contributed by atoms with Crippen LogP contribution in [0.5, 0.6) is 0 Å². The number of carbonyl (C=O) groups is 1. The lowest BCUT2D eigenvalue weighted by Gasteiger charge is -2.33. The van der Waals surface area contributed by atoms with Gasteiger partial charge in [0.05, 0.1) is 18.6 Å². The number of carbonyl (C=O) groups excluding carboxylic acids is 1. The highest BCUT2D eigenvalue weighted by Gasteiger charge is 2.33. The van der Waals surface area contributed by atoms with Crippen LogP contribution in [-0.2, 0) is 9.53 Å². The fourth-order valence-corrected chi connectivity index (χ4v) is 3.17. The van der Waals surface area contributed by atoms with Gasteiger partial charge in [-0.3, -0.25) is 4.79 Å². The highest BCUT2D eigenvalue weighted by atomic mass is 79.9. The van der Waals surface area contributed by atoms with Gasteiger partial charge in [-0.05, 0) is 32.1 Å². The molecule has 0 aromatic rings. The Bertz CT molecular complexity index is 259. The third kappa shape index (κ3) is 2.77. The number of rotatable bonds is 2. The maximum atomic E-state index is 12.2. The summed E-state index contributed by atoms with van der Waals surface area (Å²) in [5.74, 6) is 1.07. The lowest BCUT2D eigenvalue weighted by Crippen LogP contribution is -2.43. The largest absolute Gasteiger partial charge is 0.378 e. The minimum atomic E-state index is 0.115. The van der Waals surface area contributed by atoms with Gasteiger partial charge in [0.2, 0.25) is 5.91 Å². The van der Waals surface area contributed by atoms with Crippen LogP contribution in [0.4, 0.5) is 0 Å². The molecular formula is C12H20BrNO2. The molecule has 2 aliphatic rings. The summed E-state index contributed by atoms with van der Waals surface area (Å²) in [5.41, 5.74) is 0. The van der Waals surface area contributed by atoms with Crippen LogP contribution in [0.15, 0.2) is 0 Å². The molecule has 0 spiro atoms. The summed E-state index contributed by atoms with van der Waals surface area (Å²) in [6.07, 6.45) is 3.54. The van der Waals surface area contributed by atoms with E-state index in [0.29, 0.717) is 18.4 Å². The van der Waals surface area contributed by atoms with E-state index in [9.17, 15) is 4.79 Å². The molecule has 4 heteroatoms. The molecule has 0 saturated carbocycles. The number of amides is 1. The second kappa shape index (κ2) is 5.50. The zero-order valence-corrected chi connectivity index (χ0v) is 11.4. The van der Waals surface area contributed by atoms with Gasteiger partial charge in [-0.15, -0.1) is 0 Å². The van der Waals surface area contributed by atoms with E-state index in [1.54, 1.807) is 0 Å². The fourth-order valence-electron chi connectivity index (χ4n) is 2.64. The minimum absolute atomic E-state index is 0.115. The van der Waals surface area contributed by atoms with E-state index >= 15 is 0 Å². The standard InChI is InChI=1S/C12H20BrNO2/c1-9-5-11(8-16-9)12(15)14-4-2-3-10(6-13)7-14/h9-11H,2-8H2,1H3. The first-order valence-electron chi connectivity index (χ1n) is 6.17. The number of nitrogens with zero attached hydrogens (tertiary/aromatic N) is 1. The first kappa shape index (κ1) is 12.4. The van der Waals surface area contributed by atoms with E-state index in [4.69, 9.17) is 4.74 Å². The van der Waals surface area contributed by atoms with Crippen LogP contribution in [-0.4, -0.2) is 41.9 Å². The molecule has 2 rings (SSSR count). The Labute approximate surface area is 106 Å². The molecule has 2 aliphatic heterocycles. The smallest absolute Gasteiger partial charge is 0.228 e. The molecule has 2 heterocycles. The van der Waals surface area contributed by atoms with Crippen LogP contribution in [0, 0.1) is 11.8 Å². The van der Waals surface area contributed by atoms with Crippen LogP contribution in [0.2, 0.25) is 0 Å². The number of piperidine rings is 1. The zero-order chi connectivity index (χ0) is 11.5. The lowest BCUT2D eigenvalue weighted by atomic mass is 9.97. The summed E-state index contributed by atoms with van der Waals surface area (Å²) in [7, 11) is 0. The summed E-state index contributed by atoms with van der Waals surface area (Å²) in [6, 6.07) is 0. The van der Waals surface area contributed by atoms with Crippen LogP contribution in [0.25, 0.3) is 0 Å². The van der Waals surface area contributed by atoms with Crippen molar-refractivity contribution in [3.8, 4) is 0 Å². The normalized spacial score (nSPS) is 35.4. The molecule has 0 radical (unpaired) electrons. The van der Waals surface area contributed by atoms with E-state index in [-0.39, 0.29) is 12.0 Å². The monoisotopic (exact) mass is 289 g/mol. The van der Waals surface area contributed by atoms with Crippen molar-refractivity contribution in [2.75, 3.05) is 25.0 Å². The third-order valence-electron chi connectivity index (χ3n) is 3.60. The van der Waals surface area contributed by atoms with Gasteiger partial charge < -0.3 is 9.64 Å². The van der Waals surface area contributed by atoms with Gasteiger partial charge in [0.15, 0.2) is 0 Å². The van der Waals surface area contributed by atoms with Crippen LogP contribution in [0.1, 0.15) is 26.2 Å². The van der Waals surface area contributed by atoms with Crippen molar-refractivity contribution in [1.29, 1.82) is 0 Å². The molecule has 0 aromatic heterocycles. The summed E-state index contributed by atoms with van der Waals surface area (Å²) in [4.78, 5) is 14.3. The first-order chi connectivity index (χ1) is 7.70. The Morgan fingerprint density at radius 3 is 3.00 bits per heavy atom. The Kier molecular flexibility index (Phi) is 4.25. The van der Waals surface area contributed by atoms with E-state index in [1.165, 1.54) is 6.42 Å². The SMILES string of the molecule is CC1CC(C(=O)N2CCCC(CBr)C2)CO1. The minimum Gasteiger partial charge on any atom is -0.378 e. The Morgan fingerprint density at radius 2 is 2.38 bits per heavy atom. The average Bonchev–Trinajstić information content (AvgIpc) is 2.75. The predicted octanol–water partition coefficient (Wildman–Crippen LogP) is 2.04. The predicted molar refractivity (Wildman–Crippen MR) is 66.6 cm³/mol. The molecule has 3 unspecified atom stereocenters. The van der Waals surface area contributed by atoms with Gasteiger partial charge in [-0.1, -0.05) is 15.9 Å². The molecule has 3 atom stereocenters. The Hall–Kier alpha value is -0.0900. The summed E-state index contributed by atoms with van der Waals surface area (Å²) >= 11 is 3.52. The van der Waals surface area contributed by atoms with Crippen LogP contribution >= 0.6 is 15.9 Å². The highest BCUT2D eigenvalue weighted by molar-refractivity contribution is 9.09. The molecule has 3 nitrogen and oxygen atoms in total. The van der Waals surface area contributed by atoms with Crippen molar-refractivity contribution in [2.45, 2.75) is 32.3 Å². The van der Waals surface area contributed by atoms with Crippen molar-refractivity contribution in [1.82, 2.24) is 4.90 Å². The highest BCUT2D eigenvalue weighted by Crippen LogP contribution is 2.25. The van der Waals surface area contributed by atoms with Crippen molar-refractivity contribution in [3.05, 3.63) is 0 Å². The molecule has 0 aromatic carbocycles. The number of ether oxygens (including phenoxy) is 1. The molecule has 92 valence electrons. The molecule has 0 bridgehead atoms. The summed E-state index contributed by atoms with van der Waals surface area (Å²) < 4.78 is 5.47. The quantitative estimate of drug-likeness (QED) is 0.728. The Balaban J connectivity index is 1.89. The van der Waals surface area contributed by atoms with E-state index in [1.807, 2.05) is 11.8 Å². The van der Waals surface area contributed by atoms with Gasteiger partial charge in [0, 0.05) is 18.4 Å². The van der Waals surface area contributed by atoms with Gasteiger partial charge in [-0.25, -0.2) is 0 Å². The zero-order valence-electron chi connectivity index (χ0n) is 9.82. The van der Waals surface area contributed by atoms with Crippen LogP contribution < -0.4 is 0 Å². The number of likely N-dealkylation sites (tertiary alicyclic amines) is 1. The maximum Gasteiger partial charge on any atom is 0.228 e. The van der Waals surface area contributed by atoms with Gasteiger partial charge >= 0.3 is 0 Å². The molecule has 16 heavy (non-hydrogen) atoms. The van der Waals surface area contributed by atoms with Gasteiger partial charge in [-0.2, -0.15) is 0 Å². The van der Waals surface area contributed by atoms with Crippen molar-refractivity contribution < 1.29 is 9.53 Å². The number of hydrogen-bond acceptors (Lipinski definition) is 2. The molecule has 1 amide bonds. The van der Waals surface area contributed by atoms with Crippen LogP contribution in [0.3, 0.4) is 0 Å². The van der Waals surface area contributed by atoms with Gasteiger partial charge in [0.25, 0.3) is 0 Å². The molecule has 0 N–H and O–H groups in total. The Morgan fingerprint density at radius 1 is 1.56 bits per heavy atom. The third-order valence-corrected chi connectivity index (χ3v) is 4.51. The van der Waals surface area contributed by atoms with Gasteiger partial charge in [0.1, 0.15) is 0 Å². The maximum absolute atomic E-state index is 12.2. The summed E-state index contributed by atoms with van der Waals surface area (Å²) in [6.45, 7) is 4.53. The molecule has 2 fully saturated rings. The second-order valence-corrected chi connectivity index (χ2v) is 5.67.